The minimum atomic E-state index is -0.774. The van der Waals surface area contributed by atoms with Crippen LogP contribution in [0.4, 0.5) is 0 Å². The van der Waals surface area contributed by atoms with Gasteiger partial charge in [0.25, 0.3) is 0 Å². The van der Waals surface area contributed by atoms with Crippen molar-refractivity contribution in [3.8, 4) is 0 Å². The summed E-state index contributed by atoms with van der Waals surface area (Å²) in [5.41, 5.74) is 0.695. The predicted octanol–water partition coefficient (Wildman–Crippen LogP) is 2.87. The van der Waals surface area contributed by atoms with Crippen molar-refractivity contribution in [2.24, 2.45) is 0 Å². The Hall–Kier alpha value is -0.280. The van der Waals surface area contributed by atoms with Gasteiger partial charge in [-0.3, -0.25) is 0 Å². The van der Waals surface area contributed by atoms with E-state index in [-0.39, 0.29) is 6.29 Å². The highest BCUT2D eigenvalue weighted by atomic mass is 35.5. The summed E-state index contributed by atoms with van der Waals surface area (Å²) in [6.45, 7) is 1.23. The lowest BCUT2D eigenvalue weighted by atomic mass is 9.95. The Labute approximate surface area is 104 Å². The van der Waals surface area contributed by atoms with Crippen molar-refractivity contribution in [2.45, 2.75) is 22.5 Å². The van der Waals surface area contributed by atoms with Gasteiger partial charge in [0.15, 0.2) is 6.29 Å². The van der Waals surface area contributed by atoms with Crippen molar-refractivity contribution < 1.29 is 9.47 Å². The number of benzene rings is 1. The van der Waals surface area contributed by atoms with E-state index in [1.807, 2.05) is 30.3 Å². The van der Waals surface area contributed by atoms with Gasteiger partial charge in [-0.05, 0) is 12.0 Å². The molecular formula is C12H12Cl2O2. The van der Waals surface area contributed by atoms with Gasteiger partial charge in [-0.15, -0.1) is 23.2 Å². The topological polar surface area (TPSA) is 18.5 Å². The molecule has 1 aliphatic heterocycles. The molecule has 1 unspecified atom stereocenters. The minimum Gasteiger partial charge on any atom is -0.349 e. The fourth-order valence-electron chi connectivity index (χ4n) is 2.39. The zero-order valence-electron chi connectivity index (χ0n) is 8.66. The van der Waals surface area contributed by atoms with Gasteiger partial charge in [-0.1, -0.05) is 30.3 Å². The van der Waals surface area contributed by atoms with Gasteiger partial charge in [0.2, 0.25) is 0 Å². The molecule has 16 heavy (non-hydrogen) atoms. The second-order valence-electron chi connectivity index (χ2n) is 4.29. The summed E-state index contributed by atoms with van der Waals surface area (Å²) in [6, 6.07) is 9.98. The molecule has 0 spiro atoms. The van der Waals surface area contributed by atoms with Crippen LogP contribution in [0.25, 0.3) is 0 Å². The highest BCUT2D eigenvalue weighted by molar-refractivity contribution is 6.52. The molecule has 3 rings (SSSR count). The number of halogens is 2. The van der Waals surface area contributed by atoms with E-state index < -0.39 is 9.75 Å². The van der Waals surface area contributed by atoms with Gasteiger partial charge in [0.1, 0.15) is 4.33 Å². The third-order valence-corrected chi connectivity index (χ3v) is 4.28. The summed E-state index contributed by atoms with van der Waals surface area (Å²) < 4.78 is 10.4. The first-order valence-electron chi connectivity index (χ1n) is 5.33. The summed E-state index contributed by atoms with van der Waals surface area (Å²) in [4.78, 5) is 0. The first kappa shape index (κ1) is 10.8. The molecule has 0 radical (unpaired) electrons. The molecule has 1 heterocycles. The number of hydrogen-bond acceptors (Lipinski definition) is 2. The van der Waals surface area contributed by atoms with Crippen LogP contribution in [0.2, 0.25) is 0 Å². The molecule has 1 atom stereocenters. The van der Waals surface area contributed by atoms with E-state index >= 15 is 0 Å². The van der Waals surface area contributed by atoms with Crippen LogP contribution in [0.3, 0.4) is 0 Å². The summed E-state index contributed by atoms with van der Waals surface area (Å²) in [5.74, 6) is 0. The van der Waals surface area contributed by atoms with E-state index in [1.165, 1.54) is 0 Å². The first-order valence-corrected chi connectivity index (χ1v) is 6.09. The Morgan fingerprint density at radius 1 is 1.06 bits per heavy atom. The zero-order valence-corrected chi connectivity index (χ0v) is 10.2. The third kappa shape index (κ3) is 1.41. The molecule has 0 N–H and O–H groups in total. The zero-order chi connectivity index (χ0) is 11.2. The second-order valence-corrected chi connectivity index (χ2v) is 5.78. The van der Waals surface area contributed by atoms with Crippen LogP contribution in [0.1, 0.15) is 12.0 Å². The van der Waals surface area contributed by atoms with E-state index in [0.29, 0.717) is 19.6 Å². The van der Waals surface area contributed by atoms with E-state index in [4.69, 9.17) is 32.7 Å². The normalized spacial score (nSPS) is 32.9. The van der Waals surface area contributed by atoms with E-state index in [9.17, 15) is 0 Å². The number of hydrogen-bond donors (Lipinski definition) is 0. The summed E-state index contributed by atoms with van der Waals surface area (Å²) >= 11 is 12.6. The lowest BCUT2D eigenvalue weighted by Gasteiger charge is -2.24. The Morgan fingerprint density at radius 3 is 2.12 bits per heavy atom. The van der Waals surface area contributed by atoms with E-state index in [1.54, 1.807) is 0 Å². The molecule has 2 aliphatic rings. The van der Waals surface area contributed by atoms with Crippen LogP contribution < -0.4 is 0 Å². The van der Waals surface area contributed by atoms with Crippen molar-refractivity contribution in [3.05, 3.63) is 35.9 Å². The standard InChI is InChI=1S/C12H12Cl2O2/c13-12(14)8-11(12,10-15-6-7-16-10)9-4-2-1-3-5-9/h1-5,10H,6-8H2. The molecule has 0 bridgehead atoms. The molecule has 86 valence electrons. The molecule has 0 amide bonds. The Balaban J connectivity index is 1.99. The fourth-order valence-corrected chi connectivity index (χ4v) is 3.21. The van der Waals surface area contributed by atoms with Crippen molar-refractivity contribution in [2.75, 3.05) is 13.2 Å². The van der Waals surface area contributed by atoms with Crippen LogP contribution >= 0.6 is 23.2 Å². The lowest BCUT2D eigenvalue weighted by Crippen LogP contribution is -2.32. The van der Waals surface area contributed by atoms with E-state index in [0.717, 1.165) is 5.56 Å². The maximum Gasteiger partial charge on any atom is 0.170 e. The number of rotatable bonds is 2. The molecule has 1 saturated carbocycles. The summed E-state index contributed by atoms with van der Waals surface area (Å²) in [6.07, 6.45) is 0.363. The highest BCUT2D eigenvalue weighted by Gasteiger charge is 2.72. The van der Waals surface area contributed by atoms with Gasteiger partial charge in [-0.25, -0.2) is 0 Å². The summed E-state index contributed by atoms with van der Waals surface area (Å²) in [5, 5.41) is 0. The second kappa shape index (κ2) is 3.61. The molecule has 2 nitrogen and oxygen atoms in total. The lowest BCUT2D eigenvalue weighted by molar-refractivity contribution is -0.0704. The Kier molecular flexibility index (Phi) is 2.44. The third-order valence-electron chi connectivity index (χ3n) is 3.34. The molecule has 0 aromatic heterocycles. The molecule has 1 saturated heterocycles. The highest BCUT2D eigenvalue weighted by Crippen LogP contribution is 2.67. The molecule has 1 aromatic rings. The molecule has 2 fully saturated rings. The van der Waals surface area contributed by atoms with Gasteiger partial charge in [0.05, 0.1) is 18.6 Å². The molecule has 1 aromatic carbocycles. The van der Waals surface area contributed by atoms with Crippen LogP contribution in [-0.4, -0.2) is 23.8 Å². The van der Waals surface area contributed by atoms with Crippen molar-refractivity contribution in [1.29, 1.82) is 0 Å². The molecule has 4 heteroatoms. The SMILES string of the molecule is ClC1(Cl)CC1(c1ccccc1)C1OCCO1. The van der Waals surface area contributed by atoms with Crippen molar-refractivity contribution in [1.82, 2.24) is 0 Å². The van der Waals surface area contributed by atoms with Crippen LogP contribution in [0, 0.1) is 0 Å². The van der Waals surface area contributed by atoms with Crippen LogP contribution in [-0.2, 0) is 14.9 Å². The van der Waals surface area contributed by atoms with Gasteiger partial charge in [0, 0.05) is 0 Å². The van der Waals surface area contributed by atoms with Gasteiger partial charge >= 0.3 is 0 Å². The largest absolute Gasteiger partial charge is 0.349 e. The van der Waals surface area contributed by atoms with Crippen molar-refractivity contribution in [3.63, 3.8) is 0 Å². The number of ether oxygens (including phenoxy) is 2. The first-order chi connectivity index (χ1) is 7.67. The smallest absolute Gasteiger partial charge is 0.170 e. The maximum atomic E-state index is 6.28. The monoisotopic (exact) mass is 258 g/mol. The van der Waals surface area contributed by atoms with Crippen LogP contribution in [0.5, 0.6) is 0 Å². The molecular weight excluding hydrogens is 247 g/mol. The predicted molar refractivity (Wildman–Crippen MR) is 62.9 cm³/mol. The Morgan fingerprint density at radius 2 is 1.62 bits per heavy atom. The Bertz CT molecular complexity index is 387. The quantitative estimate of drug-likeness (QED) is 0.760. The van der Waals surface area contributed by atoms with Gasteiger partial charge in [-0.2, -0.15) is 0 Å². The average Bonchev–Trinajstić information content (AvgIpc) is 2.71. The average molecular weight is 259 g/mol. The van der Waals surface area contributed by atoms with Crippen LogP contribution in [0.15, 0.2) is 30.3 Å². The van der Waals surface area contributed by atoms with Crippen molar-refractivity contribution >= 4 is 23.2 Å². The van der Waals surface area contributed by atoms with E-state index in [2.05, 4.69) is 0 Å². The maximum absolute atomic E-state index is 6.28. The van der Waals surface area contributed by atoms with Gasteiger partial charge < -0.3 is 9.47 Å². The summed E-state index contributed by atoms with van der Waals surface area (Å²) in [7, 11) is 0. The molecule has 1 aliphatic carbocycles. The minimum absolute atomic E-state index is 0.315. The fraction of sp³-hybridized carbons (Fsp3) is 0.500. The number of alkyl halides is 2.